The zero-order valence-corrected chi connectivity index (χ0v) is 16.3. The average Bonchev–Trinajstić information content (AvgIpc) is 2.83. The summed E-state index contributed by atoms with van der Waals surface area (Å²) < 4.78 is 5.22. The van der Waals surface area contributed by atoms with Crippen LogP contribution in [-0.2, 0) is 4.74 Å². The highest BCUT2D eigenvalue weighted by atomic mass is 16.5. The van der Waals surface area contributed by atoms with Crippen LogP contribution >= 0.6 is 0 Å². The number of carbonyl (C=O) groups excluding carboxylic acids is 2. The molecule has 3 nitrogen and oxygen atoms in total. The normalized spacial score (nSPS) is 10.4. The van der Waals surface area contributed by atoms with E-state index in [-0.39, 0.29) is 12.4 Å². The van der Waals surface area contributed by atoms with Crippen molar-refractivity contribution in [1.82, 2.24) is 0 Å². The Morgan fingerprint density at radius 2 is 0.900 bits per heavy atom. The molecule has 0 aliphatic rings. The Labute approximate surface area is 175 Å². The molecule has 0 saturated heterocycles. The van der Waals surface area contributed by atoms with Crippen molar-refractivity contribution in [1.29, 1.82) is 0 Å². The summed E-state index contributed by atoms with van der Waals surface area (Å²) in [5.74, 6) is -0.743. The minimum atomic E-state index is -0.510. The molecule has 4 aromatic carbocycles. The fourth-order valence-electron chi connectivity index (χ4n) is 3.21. The first-order valence-electron chi connectivity index (χ1n) is 9.72. The molecule has 0 aliphatic heterocycles. The maximum absolute atomic E-state index is 12.4. The molecule has 4 aromatic rings. The number of hydrogen-bond acceptors (Lipinski definition) is 3. The van der Waals surface area contributed by atoms with E-state index in [4.69, 9.17) is 4.74 Å². The lowest BCUT2D eigenvalue weighted by Gasteiger charge is -2.07. The van der Waals surface area contributed by atoms with Crippen LogP contribution in [0.25, 0.3) is 22.3 Å². The molecule has 0 N–H and O–H groups in total. The third kappa shape index (κ3) is 4.53. The Bertz CT molecular complexity index is 1040. The van der Waals surface area contributed by atoms with Crippen molar-refractivity contribution in [3.05, 3.63) is 120 Å². The summed E-state index contributed by atoms with van der Waals surface area (Å²) >= 11 is 0. The van der Waals surface area contributed by atoms with Crippen molar-refractivity contribution in [2.24, 2.45) is 0 Å². The lowest BCUT2D eigenvalue weighted by Crippen LogP contribution is -2.14. The van der Waals surface area contributed by atoms with Gasteiger partial charge in [-0.15, -0.1) is 0 Å². The van der Waals surface area contributed by atoms with E-state index in [1.54, 1.807) is 24.3 Å². The molecule has 0 atom stereocenters. The van der Waals surface area contributed by atoms with E-state index in [1.807, 2.05) is 84.9 Å². The Kier molecular flexibility index (Phi) is 5.81. The van der Waals surface area contributed by atoms with Gasteiger partial charge in [-0.25, -0.2) is 4.79 Å². The molecular formula is C27H20O3. The number of hydrogen-bond donors (Lipinski definition) is 0. The molecule has 0 aromatic heterocycles. The van der Waals surface area contributed by atoms with E-state index in [1.165, 1.54) is 0 Å². The zero-order valence-electron chi connectivity index (χ0n) is 16.3. The molecule has 0 saturated carbocycles. The minimum Gasteiger partial charge on any atom is -0.454 e. The summed E-state index contributed by atoms with van der Waals surface area (Å²) in [5, 5.41) is 0. The summed E-state index contributed by atoms with van der Waals surface area (Å²) in [4.78, 5) is 24.7. The van der Waals surface area contributed by atoms with E-state index in [0.29, 0.717) is 11.1 Å². The van der Waals surface area contributed by atoms with Gasteiger partial charge in [-0.2, -0.15) is 0 Å². The van der Waals surface area contributed by atoms with Gasteiger partial charge >= 0.3 is 5.97 Å². The highest BCUT2D eigenvalue weighted by Crippen LogP contribution is 2.21. The number of ether oxygens (including phenoxy) is 1. The van der Waals surface area contributed by atoms with Crippen LogP contribution < -0.4 is 0 Å². The average molecular weight is 392 g/mol. The van der Waals surface area contributed by atoms with Crippen molar-refractivity contribution in [2.75, 3.05) is 6.61 Å². The van der Waals surface area contributed by atoms with E-state index in [0.717, 1.165) is 22.3 Å². The number of esters is 1. The fourth-order valence-corrected chi connectivity index (χ4v) is 3.21. The van der Waals surface area contributed by atoms with E-state index in [9.17, 15) is 9.59 Å². The monoisotopic (exact) mass is 392 g/mol. The molecule has 0 spiro atoms. The standard InChI is InChI=1S/C27H20O3/c28-26(24-15-11-22(12-16-24)20-7-3-1-4-8-20)19-30-27(29)25-17-13-23(14-18-25)21-9-5-2-6-10-21/h1-18H,19H2. The molecule has 0 heterocycles. The van der Waals surface area contributed by atoms with Gasteiger partial charge in [-0.05, 0) is 34.4 Å². The molecule has 0 bridgehead atoms. The molecule has 146 valence electrons. The largest absolute Gasteiger partial charge is 0.454 e. The van der Waals surface area contributed by atoms with Crippen LogP contribution in [0.5, 0.6) is 0 Å². The topological polar surface area (TPSA) is 43.4 Å². The van der Waals surface area contributed by atoms with Crippen LogP contribution in [-0.4, -0.2) is 18.4 Å². The van der Waals surface area contributed by atoms with Gasteiger partial charge in [0.1, 0.15) is 0 Å². The van der Waals surface area contributed by atoms with Crippen LogP contribution in [0.2, 0.25) is 0 Å². The van der Waals surface area contributed by atoms with Crippen molar-refractivity contribution >= 4 is 11.8 Å². The Hall–Kier alpha value is -3.98. The van der Waals surface area contributed by atoms with Crippen molar-refractivity contribution in [2.45, 2.75) is 0 Å². The zero-order chi connectivity index (χ0) is 20.8. The first-order valence-corrected chi connectivity index (χ1v) is 9.72. The molecule has 0 aliphatic carbocycles. The molecule has 0 amide bonds. The second kappa shape index (κ2) is 9.01. The number of carbonyl (C=O) groups is 2. The van der Waals surface area contributed by atoms with E-state index in [2.05, 4.69) is 0 Å². The smallest absolute Gasteiger partial charge is 0.338 e. The molecule has 3 heteroatoms. The first-order chi connectivity index (χ1) is 14.7. The molecule has 0 fully saturated rings. The maximum atomic E-state index is 12.4. The number of Topliss-reactive ketones (excluding diaryl/α,β-unsaturated/α-hetero) is 1. The Morgan fingerprint density at radius 1 is 0.500 bits per heavy atom. The molecule has 4 rings (SSSR count). The summed E-state index contributed by atoms with van der Waals surface area (Å²) in [6, 6.07) is 34.3. The molecule has 0 unspecified atom stereocenters. The van der Waals surface area contributed by atoms with Crippen molar-refractivity contribution < 1.29 is 14.3 Å². The van der Waals surface area contributed by atoms with E-state index < -0.39 is 5.97 Å². The SMILES string of the molecule is O=C(COC(=O)c1ccc(-c2ccccc2)cc1)c1ccc(-c2ccccc2)cc1. The summed E-state index contributed by atoms with van der Waals surface area (Å²) in [6.07, 6.45) is 0. The number of rotatable bonds is 6. The summed E-state index contributed by atoms with van der Waals surface area (Å²) in [7, 11) is 0. The van der Waals surface area contributed by atoms with Crippen LogP contribution in [0.15, 0.2) is 109 Å². The Morgan fingerprint density at radius 3 is 1.37 bits per heavy atom. The highest BCUT2D eigenvalue weighted by Gasteiger charge is 2.12. The van der Waals surface area contributed by atoms with Crippen LogP contribution in [0.1, 0.15) is 20.7 Å². The van der Waals surface area contributed by atoms with Gasteiger partial charge in [0.05, 0.1) is 5.56 Å². The first kappa shape index (κ1) is 19.3. The van der Waals surface area contributed by atoms with Gasteiger partial charge in [0.2, 0.25) is 0 Å². The van der Waals surface area contributed by atoms with Crippen LogP contribution in [0.3, 0.4) is 0 Å². The second-order valence-electron chi connectivity index (χ2n) is 6.89. The van der Waals surface area contributed by atoms with Crippen LogP contribution in [0, 0.1) is 0 Å². The number of ketones is 1. The lowest BCUT2D eigenvalue weighted by atomic mass is 10.0. The summed E-state index contributed by atoms with van der Waals surface area (Å²) in [6.45, 7) is -0.288. The van der Waals surface area contributed by atoms with Gasteiger partial charge in [-0.3, -0.25) is 4.79 Å². The van der Waals surface area contributed by atoms with Crippen molar-refractivity contribution in [3.63, 3.8) is 0 Å². The van der Waals surface area contributed by atoms with Crippen molar-refractivity contribution in [3.8, 4) is 22.3 Å². The molecule has 30 heavy (non-hydrogen) atoms. The van der Waals surface area contributed by atoms with Gasteiger partial charge in [0, 0.05) is 5.56 Å². The predicted octanol–water partition coefficient (Wildman–Crippen LogP) is 6.06. The Balaban J connectivity index is 1.36. The molecule has 0 radical (unpaired) electrons. The minimum absolute atomic E-state index is 0.233. The van der Waals surface area contributed by atoms with Gasteiger partial charge in [-0.1, -0.05) is 97.1 Å². The third-order valence-electron chi connectivity index (χ3n) is 4.88. The predicted molar refractivity (Wildman–Crippen MR) is 118 cm³/mol. The lowest BCUT2D eigenvalue weighted by molar-refractivity contribution is 0.0475. The van der Waals surface area contributed by atoms with Gasteiger partial charge in [0.15, 0.2) is 12.4 Å². The highest BCUT2D eigenvalue weighted by molar-refractivity contribution is 5.99. The van der Waals surface area contributed by atoms with Gasteiger partial charge in [0.25, 0.3) is 0 Å². The second-order valence-corrected chi connectivity index (χ2v) is 6.89. The quantitative estimate of drug-likeness (QED) is 0.296. The number of benzene rings is 4. The van der Waals surface area contributed by atoms with E-state index >= 15 is 0 Å². The third-order valence-corrected chi connectivity index (χ3v) is 4.88. The maximum Gasteiger partial charge on any atom is 0.338 e. The molecular weight excluding hydrogens is 372 g/mol. The van der Waals surface area contributed by atoms with Gasteiger partial charge < -0.3 is 4.74 Å². The summed E-state index contributed by atoms with van der Waals surface area (Å²) in [5.41, 5.74) is 5.14. The van der Waals surface area contributed by atoms with Crippen LogP contribution in [0.4, 0.5) is 0 Å². The fraction of sp³-hybridized carbons (Fsp3) is 0.0370.